The van der Waals surface area contributed by atoms with Crippen molar-refractivity contribution in [2.24, 2.45) is 0 Å². The van der Waals surface area contributed by atoms with Gasteiger partial charge in [0.05, 0.1) is 5.69 Å². The van der Waals surface area contributed by atoms with Crippen molar-refractivity contribution in [1.82, 2.24) is 25.5 Å². The smallest absolute Gasteiger partial charge is 0.406 e. The van der Waals surface area contributed by atoms with E-state index in [4.69, 9.17) is 0 Å². The second-order valence-corrected chi connectivity index (χ2v) is 7.68. The average Bonchev–Trinajstić information content (AvgIpc) is 3.40. The minimum Gasteiger partial charge on any atom is -0.406 e. The van der Waals surface area contributed by atoms with E-state index in [1.165, 1.54) is 40.7 Å². The highest BCUT2D eigenvalue weighted by atomic mass is 32.2. The van der Waals surface area contributed by atoms with Crippen molar-refractivity contribution in [1.29, 1.82) is 0 Å². The quantitative estimate of drug-likeness (QED) is 0.571. The number of rotatable bonds is 7. The summed E-state index contributed by atoms with van der Waals surface area (Å²) >= 11 is 1.17. The molecule has 0 bridgehead atoms. The third-order valence-electron chi connectivity index (χ3n) is 4.24. The molecule has 11 heteroatoms. The molecule has 0 radical (unpaired) electrons. The lowest BCUT2D eigenvalue weighted by Gasteiger charge is -2.16. The van der Waals surface area contributed by atoms with Gasteiger partial charge < -0.3 is 10.1 Å². The third-order valence-corrected chi connectivity index (χ3v) is 5.43. The van der Waals surface area contributed by atoms with E-state index in [1.54, 1.807) is 0 Å². The summed E-state index contributed by atoms with van der Waals surface area (Å²) in [6.07, 6.45) is -2.85. The predicted octanol–water partition coefficient (Wildman–Crippen LogP) is 3.67. The van der Waals surface area contributed by atoms with Gasteiger partial charge in [0, 0.05) is 6.04 Å². The fourth-order valence-electron chi connectivity index (χ4n) is 2.71. The molecule has 7 nitrogen and oxygen atoms in total. The van der Waals surface area contributed by atoms with E-state index in [2.05, 4.69) is 25.6 Å². The molecule has 1 heterocycles. The maximum atomic E-state index is 12.8. The first kappa shape index (κ1) is 20.2. The van der Waals surface area contributed by atoms with E-state index in [-0.39, 0.29) is 17.7 Å². The number of benzene rings is 2. The summed E-state index contributed by atoms with van der Waals surface area (Å²) in [5.74, 6) is -0.489. The maximum Gasteiger partial charge on any atom is 0.573 e. The van der Waals surface area contributed by atoms with Crippen LogP contribution in [-0.2, 0) is 4.79 Å². The highest BCUT2D eigenvalue weighted by molar-refractivity contribution is 8.00. The van der Waals surface area contributed by atoms with Crippen LogP contribution < -0.4 is 10.1 Å². The Hall–Kier alpha value is -3.08. The molecule has 4 rings (SSSR count). The number of amides is 1. The van der Waals surface area contributed by atoms with E-state index in [9.17, 15) is 18.0 Å². The second kappa shape index (κ2) is 8.34. The first-order chi connectivity index (χ1) is 14.4. The highest BCUT2D eigenvalue weighted by Gasteiger charge is 2.32. The largest absolute Gasteiger partial charge is 0.573 e. The van der Waals surface area contributed by atoms with Crippen molar-refractivity contribution in [3.63, 3.8) is 0 Å². The number of nitrogens with one attached hydrogen (secondary N) is 1. The van der Waals surface area contributed by atoms with Crippen LogP contribution in [0.4, 0.5) is 13.2 Å². The normalized spacial score (nSPS) is 14.9. The summed E-state index contributed by atoms with van der Waals surface area (Å²) in [7, 11) is 0. The van der Waals surface area contributed by atoms with Crippen LogP contribution in [0.25, 0.3) is 5.69 Å². The number of carbonyl (C=O) groups is 1. The van der Waals surface area contributed by atoms with Gasteiger partial charge in [0.2, 0.25) is 11.1 Å². The van der Waals surface area contributed by atoms with Gasteiger partial charge in [0.15, 0.2) is 0 Å². The lowest BCUT2D eigenvalue weighted by Crippen LogP contribution is -2.29. The van der Waals surface area contributed by atoms with Gasteiger partial charge in [0.1, 0.15) is 11.0 Å². The van der Waals surface area contributed by atoms with Crippen LogP contribution in [-0.4, -0.2) is 38.5 Å². The Kier molecular flexibility index (Phi) is 5.62. The van der Waals surface area contributed by atoms with Gasteiger partial charge in [-0.2, -0.15) is 4.68 Å². The van der Waals surface area contributed by atoms with E-state index in [0.29, 0.717) is 10.8 Å². The number of ether oxygens (including phenoxy) is 1. The Morgan fingerprint density at radius 3 is 2.47 bits per heavy atom. The SMILES string of the molecule is O=C(NC1CC1)C(Sc1nnnn1-c1ccc(OC(F)(F)F)cc1)c1ccccc1. The topological polar surface area (TPSA) is 81.9 Å². The van der Waals surface area contributed by atoms with Gasteiger partial charge in [-0.3, -0.25) is 4.79 Å². The van der Waals surface area contributed by atoms with Crippen molar-refractivity contribution in [3.05, 3.63) is 60.2 Å². The maximum absolute atomic E-state index is 12.8. The molecule has 1 unspecified atom stereocenters. The molecule has 0 saturated heterocycles. The summed E-state index contributed by atoms with van der Waals surface area (Å²) in [4.78, 5) is 12.8. The Bertz CT molecular complexity index is 1010. The summed E-state index contributed by atoms with van der Waals surface area (Å²) in [6, 6.07) is 14.6. The van der Waals surface area contributed by atoms with Gasteiger partial charge in [-0.1, -0.05) is 42.1 Å². The van der Waals surface area contributed by atoms with Gasteiger partial charge in [0.25, 0.3) is 0 Å². The van der Waals surface area contributed by atoms with Crippen LogP contribution in [0, 0.1) is 0 Å². The van der Waals surface area contributed by atoms with Crippen molar-refractivity contribution < 1.29 is 22.7 Å². The van der Waals surface area contributed by atoms with Crippen molar-refractivity contribution in [3.8, 4) is 11.4 Å². The van der Waals surface area contributed by atoms with Gasteiger partial charge in [-0.25, -0.2) is 0 Å². The summed E-state index contributed by atoms with van der Waals surface area (Å²) in [5.41, 5.74) is 1.23. The zero-order chi connectivity index (χ0) is 21.1. The molecule has 1 aliphatic rings. The molecule has 1 atom stereocenters. The number of carbonyl (C=O) groups excluding carboxylic acids is 1. The number of thioether (sulfide) groups is 1. The van der Waals surface area contributed by atoms with E-state index in [0.717, 1.165) is 18.4 Å². The monoisotopic (exact) mass is 435 g/mol. The number of hydrogen-bond donors (Lipinski definition) is 1. The molecule has 1 saturated carbocycles. The van der Waals surface area contributed by atoms with Crippen LogP contribution in [0.1, 0.15) is 23.7 Å². The van der Waals surface area contributed by atoms with Crippen molar-refractivity contribution >= 4 is 17.7 Å². The zero-order valence-electron chi connectivity index (χ0n) is 15.4. The van der Waals surface area contributed by atoms with Gasteiger partial charge in [-0.05, 0) is 53.1 Å². The summed E-state index contributed by atoms with van der Waals surface area (Å²) in [6.45, 7) is 0. The molecule has 1 amide bonds. The molecule has 1 aliphatic carbocycles. The Morgan fingerprint density at radius 1 is 1.13 bits per heavy atom. The second-order valence-electron chi connectivity index (χ2n) is 6.61. The number of hydrogen-bond acceptors (Lipinski definition) is 6. The van der Waals surface area contributed by atoms with E-state index < -0.39 is 11.6 Å². The molecule has 0 aliphatic heterocycles. The van der Waals surface area contributed by atoms with Crippen LogP contribution in [0.3, 0.4) is 0 Å². The molecule has 2 aromatic carbocycles. The lowest BCUT2D eigenvalue weighted by atomic mass is 10.1. The number of nitrogens with zero attached hydrogens (tertiary/aromatic N) is 4. The zero-order valence-corrected chi connectivity index (χ0v) is 16.2. The van der Waals surface area contributed by atoms with Crippen molar-refractivity contribution in [2.75, 3.05) is 0 Å². The molecule has 156 valence electrons. The molecule has 3 aromatic rings. The van der Waals surface area contributed by atoms with Gasteiger partial charge in [-0.15, -0.1) is 18.3 Å². The Balaban J connectivity index is 1.57. The Labute approximate surface area is 173 Å². The molecule has 1 fully saturated rings. The molecular formula is C19H16F3N5O2S. The average molecular weight is 435 g/mol. The van der Waals surface area contributed by atoms with E-state index >= 15 is 0 Å². The first-order valence-corrected chi connectivity index (χ1v) is 9.93. The minimum absolute atomic E-state index is 0.142. The third kappa shape index (κ3) is 5.09. The number of halogens is 3. The number of tetrazole rings is 1. The highest BCUT2D eigenvalue weighted by Crippen LogP contribution is 2.36. The van der Waals surface area contributed by atoms with E-state index in [1.807, 2.05) is 30.3 Å². The molecule has 0 spiro atoms. The molecule has 1 N–H and O–H groups in total. The number of alkyl halides is 3. The lowest BCUT2D eigenvalue weighted by molar-refractivity contribution is -0.274. The predicted molar refractivity (Wildman–Crippen MR) is 102 cm³/mol. The van der Waals surface area contributed by atoms with Crippen LogP contribution in [0.2, 0.25) is 0 Å². The fraction of sp³-hybridized carbons (Fsp3) is 0.263. The Morgan fingerprint density at radius 2 is 1.83 bits per heavy atom. The number of aromatic nitrogens is 4. The standard InChI is InChI=1S/C19H16F3N5O2S/c20-19(21,22)29-15-10-8-14(9-11-15)27-18(24-25-26-27)30-16(12-4-2-1-3-5-12)17(28)23-13-6-7-13/h1-5,8-11,13,16H,6-7H2,(H,23,28). The van der Waals surface area contributed by atoms with Gasteiger partial charge >= 0.3 is 6.36 Å². The summed E-state index contributed by atoms with van der Waals surface area (Å²) in [5, 5.41) is 14.3. The van der Waals surface area contributed by atoms with Crippen molar-refractivity contribution in [2.45, 2.75) is 35.7 Å². The minimum atomic E-state index is -4.77. The summed E-state index contributed by atoms with van der Waals surface area (Å²) < 4.78 is 42.3. The van der Waals surface area contributed by atoms with Crippen LogP contribution in [0.5, 0.6) is 5.75 Å². The molecule has 1 aromatic heterocycles. The van der Waals surface area contributed by atoms with Crippen LogP contribution in [0.15, 0.2) is 59.8 Å². The van der Waals surface area contributed by atoms with Crippen LogP contribution >= 0.6 is 11.8 Å². The molecular weight excluding hydrogens is 419 g/mol. The fourth-order valence-corrected chi connectivity index (χ4v) is 3.72. The first-order valence-electron chi connectivity index (χ1n) is 9.05. The molecule has 30 heavy (non-hydrogen) atoms.